The zero-order chi connectivity index (χ0) is 13.0. The van der Waals surface area contributed by atoms with Gasteiger partial charge >= 0.3 is 0 Å². The number of nitrogens with zero attached hydrogens (tertiary/aromatic N) is 2. The van der Waals surface area contributed by atoms with Gasteiger partial charge in [-0.3, -0.25) is 9.98 Å². The van der Waals surface area contributed by atoms with Crippen LogP contribution in [0, 0.1) is 10.8 Å². The fourth-order valence-electron chi connectivity index (χ4n) is 0.782. The van der Waals surface area contributed by atoms with Crippen molar-refractivity contribution in [3.05, 3.63) is 0 Å². The highest BCUT2D eigenvalue weighted by Crippen LogP contribution is 2.22. The topological polar surface area (TPSA) is 24.7 Å². The van der Waals surface area contributed by atoms with E-state index in [1.54, 1.807) is 0 Å². The van der Waals surface area contributed by atoms with Gasteiger partial charge in [0.2, 0.25) is 0 Å². The molecule has 0 rings (SSSR count). The normalized spacial score (nSPS) is 18.2. The summed E-state index contributed by atoms with van der Waals surface area (Å²) in [4.78, 5) is 8.95. The first-order valence-corrected chi connectivity index (χ1v) is 6.10. The molecule has 0 aliphatic heterocycles. The Morgan fingerprint density at radius 1 is 0.688 bits per heavy atom. The lowest BCUT2D eigenvalue weighted by Gasteiger charge is -2.23. The number of aliphatic imine (C=N–C) groups is 2. The number of hydrogen-bond donors (Lipinski definition) is 0. The van der Waals surface area contributed by atoms with Crippen molar-refractivity contribution in [3.8, 4) is 0 Å². The van der Waals surface area contributed by atoms with Crippen LogP contribution in [0.5, 0.6) is 0 Å². The molecule has 0 N–H and O–H groups in total. The van der Waals surface area contributed by atoms with Crippen LogP contribution >= 0.6 is 0 Å². The quantitative estimate of drug-likeness (QED) is 0.647. The molecule has 0 saturated carbocycles. The van der Waals surface area contributed by atoms with E-state index in [1.165, 1.54) is 0 Å². The molecule has 0 spiro atoms. The van der Waals surface area contributed by atoms with Crippen molar-refractivity contribution in [3.63, 3.8) is 0 Å². The smallest absolute Gasteiger partial charge is 0.0520 e. The Hall–Kier alpha value is -0.660. The lowest BCUT2D eigenvalue weighted by Crippen LogP contribution is -2.22. The van der Waals surface area contributed by atoms with Crippen LogP contribution in [-0.4, -0.2) is 24.5 Å². The molecule has 0 fully saturated rings. The van der Waals surface area contributed by atoms with Gasteiger partial charge in [0.25, 0.3) is 0 Å². The van der Waals surface area contributed by atoms with Crippen LogP contribution in [0.1, 0.15) is 55.4 Å². The molecule has 0 aromatic heterocycles. The lowest BCUT2D eigenvalue weighted by atomic mass is 9.88. The lowest BCUT2D eigenvalue weighted by molar-refractivity contribution is 0.341. The van der Waals surface area contributed by atoms with Gasteiger partial charge in [-0.2, -0.15) is 0 Å². The molecule has 0 amide bonds. The third-order valence-electron chi connectivity index (χ3n) is 3.19. The van der Waals surface area contributed by atoms with Crippen molar-refractivity contribution < 1.29 is 0 Å². The summed E-state index contributed by atoms with van der Waals surface area (Å²) in [6.07, 6.45) is 3.66. The van der Waals surface area contributed by atoms with Gasteiger partial charge < -0.3 is 0 Å². The first-order valence-electron chi connectivity index (χ1n) is 6.10. The third-order valence-corrected chi connectivity index (χ3v) is 3.19. The predicted octanol–water partition coefficient (Wildman–Crippen LogP) is 4.00. The minimum atomic E-state index is 0.222. The molecule has 2 atom stereocenters. The van der Waals surface area contributed by atoms with Crippen molar-refractivity contribution in [1.29, 1.82) is 0 Å². The summed E-state index contributed by atoms with van der Waals surface area (Å²) in [7, 11) is 0. The maximum Gasteiger partial charge on any atom is 0.0520 e. The molecule has 2 nitrogen and oxygen atoms in total. The Balaban J connectivity index is 4.26. The molecule has 0 aromatic rings. The van der Waals surface area contributed by atoms with Gasteiger partial charge in [-0.15, -0.1) is 0 Å². The van der Waals surface area contributed by atoms with Gasteiger partial charge in [-0.1, -0.05) is 41.5 Å². The first kappa shape index (κ1) is 15.3. The van der Waals surface area contributed by atoms with E-state index in [0.717, 1.165) is 0 Å². The van der Waals surface area contributed by atoms with E-state index >= 15 is 0 Å². The molecular weight excluding hydrogens is 196 g/mol. The Kier molecular flexibility index (Phi) is 5.37. The monoisotopic (exact) mass is 224 g/mol. The van der Waals surface area contributed by atoms with Crippen LogP contribution in [0.3, 0.4) is 0 Å². The molecule has 0 radical (unpaired) electrons. The van der Waals surface area contributed by atoms with Crippen molar-refractivity contribution in [2.75, 3.05) is 0 Å². The maximum atomic E-state index is 4.48. The minimum absolute atomic E-state index is 0.222. The standard InChI is InChI=1S/C14H28N2/c1-11(13(3,4)5)15-9-10-16-12(2)14(6,7)8/h9-12H,1-8H3/t11-,12-/m1/s1. The van der Waals surface area contributed by atoms with Crippen molar-refractivity contribution in [2.24, 2.45) is 20.8 Å². The largest absolute Gasteiger partial charge is 0.288 e. The van der Waals surface area contributed by atoms with Gasteiger partial charge in [-0.25, -0.2) is 0 Å². The van der Waals surface area contributed by atoms with E-state index in [9.17, 15) is 0 Å². The highest BCUT2D eigenvalue weighted by Gasteiger charge is 2.19. The third kappa shape index (κ3) is 6.04. The molecule has 0 unspecified atom stereocenters. The molecule has 16 heavy (non-hydrogen) atoms. The highest BCUT2D eigenvalue weighted by atomic mass is 14.8. The fourth-order valence-corrected chi connectivity index (χ4v) is 0.782. The summed E-state index contributed by atoms with van der Waals surface area (Å²) in [6, 6.07) is 0.646. The van der Waals surface area contributed by atoms with Crippen LogP contribution in [0.4, 0.5) is 0 Å². The average molecular weight is 224 g/mol. The van der Waals surface area contributed by atoms with Crippen molar-refractivity contribution in [1.82, 2.24) is 0 Å². The van der Waals surface area contributed by atoms with E-state index in [0.29, 0.717) is 12.1 Å². The van der Waals surface area contributed by atoms with Gasteiger partial charge in [-0.05, 0) is 24.7 Å². The molecule has 94 valence electrons. The van der Waals surface area contributed by atoms with Crippen LogP contribution < -0.4 is 0 Å². The summed E-state index contributed by atoms with van der Waals surface area (Å²) in [5, 5.41) is 0. The molecule has 0 heterocycles. The molecule has 2 heteroatoms. The minimum Gasteiger partial charge on any atom is -0.288 e. The van der Waals surface area contributed by atoms with E-state index in [-0.39, 0.29) is 10.8 Å². The second-order valence-electron chi connectivity index (χ2n) is 6.68. The van der Waals surface area contributed by atoms with E-state index in [1.807, 2.05) is 12.4 Å². The molecule has 0 aromatic carbocycles. The summed E-state index contributed by atoms with van der Waals surface area (Å²) >= 11 is 0. The van der Waals surface area contributed by atoms with E-state index in [4.69, 9.17) is 0 Å². The molecular formula is C14H28N2. The van der Waals surface area contributed by atoms with Gasteiger partial charge in [0, 0.05) is 12.4 Å². The maximum absolute atomic E-state index is 4.48. The Bertz CT molecular complexity index is 223. The Morgan fingerprint density at radius 2 is 0.938 bits per heavy atom. The van der Waals surface area contributed by atoms with Crippen LogP contribution in [0.15, 0.2) is 9.98 Å². The van der Waals surface area contributed by atoms with Crippen LogP contribution in [0.2, 0.25) is 0 Å². The predicted molar refractivity (Wildman–Crippen MR) is 74.8 cm³/mol. The number of hydrogen-bond acceptors (Lipinski definition) is 2. The summed E-state index contributed by atoms with van der Waals surface area (Å²) in [6.45, 7) is 17.5. The van der Waals surface area contributed by atoms with Gasteiger partial charge in [0.1, 0.15) is 0 Å². The number of rotatable bonds is 3. The summed E-state index contributed by atoms with van der Waals surface area (Å²) in [5.74, 6) is 0. The zero-order valence-electron chi connectivity index (χ0n) is 12.2. The fraction of sp³-hybridized carbons (Fsp3) is 0.857. The SMILES string of the molecule is C[C@@H](N=CC=N[C@H](C)C(C)(C)C)C(C)(C)C. The molecule has 0 bridgehead atoms. The zero-order valence-corrected chi connectivity index (χ0v) is 12.2. The van der Waals surface area contributed by atoms with Gasteiger partial charge in [0.05, 0.1) is 12.1 Å². The Morgan fingerprint density at radius 3 is 1.12 bits per heavy atom. The highest BCUT2D eigenvalue weighted by molar-refractivity contribution is 6.16. The first-order chi connectivity index (χ1) is 7.05. The van der Waals surface area contributed by atoms with E-state index in [2.05, 4.69) is 65.4 Å². The second kappa shape index (κ2) is 5.60. The van der Waals surface area contributed by atoms with Crippen molar-refractivity contribution in [2.45, 2.75) is 67.5 Å². The summed E-state index contributed by atoms with van der Waals surface area (Å²) < 4.78 is 0. The van der Waals surface area contributed by atoms with Crippen molar-refractivity contribution >= 4 is 12.4 Å². The van der Waals surface area contributed by atoms with Crippen LogP contribution in [0.25, 0.3) is 0 Å². The Labute approximate surface area is 101 Å². The van der Waals surface area contributed by atoms with Crippen LogP contribution in [-0.2, 0) is 0 Å². The molecule has 0 aliphatic rings. The molecule has 0 saturated heterocycles. The van der Waals surface area contributed by atoms with E-state index < -0.39 is 0 Å². The summed E-state index contributed by atoms with van der Waals surface area (Å²) in [5.41, 5.74) is 0.444. The molecule has 0 aliphatic carbocycles. The average Bonchev–Trinajstić information content (AvgIpc) is 2.08. The second-order valence-corrected chi connectivity index (χ2v) is 6.68. The van der Waals surface area contributed by atoms with Gasteiger partial charge in [0.15, 0.2) is 0 Å².